The summed E-state index contributed by atoms with van der Waals surface area (Å²) in [5.41, 5.74) is 4.29. The molecule has 2 N–H and O–H groups in total. The topological polar surface area (TPSA) is 134 Å². The van der Waals surface area contributed by atoms with Crippen LogP contribution in [0.3, 0.4) is 0 Å². The largest absolute Gasteiger partial charge is 0.490 e. The highest BCUT2D eigenvalue weighted by molar-refractivity contribution is 5.73. The van der Waals surface area contributed by atoms with Crippen LogP contribution in [0, 0.1) is 0 Å². The summed E-state index contributed by atoms with van der Waals surface area (Å²) in [4.78, 5) is 29.3. The first kappa shape index (κ1) is 31.1. The minimum Gasteiger partial charge on any atom is -0.475 e. The number of furan rings is 1. The third kappa shape index (κ3) is 9.30. The van der Waals surface area contributed by atoms with E-state index < -0.39 is 24.3 Å². The van der Waals surface area contributed by atoms with E-state index in [1.807, 2.05) is 41.4 Å². The second-order valence-corrected chi connectivity index (χ2v) is 8.74. The van der Waals surface area contributed by atoms with Gasteiger partial charge in [0.2, 0.25) is 0 Å². The van der Waals surface area contributed by atoms with E-state index in [9.17, 15) is 26.3 Å². The molecule has 41 heavy (non-hydrogen) atoms. The second kappa shape index (κ2) is 13.3. The van der Waals surface area contributed by atoms with Gasteiger partial charge in [-0.25, -0.2) is 19.1 Å². The maximum atomic E-state index is 10.6. The van der Waals surface area contributed by atoms with Gasteiger partial charge in [-0.1, -0.05) is 6.07 Å². The highest BCUT2D eigenvalue weighted by atomic mass is 19.4. The summed E-state index contributed by atoms with van der Waals surface area (Å²) in [5, 5.41) is 19.0. The fraction of sp³-hybridized carbons (Fsp3) is 0.320. The number of piperidine rings is 1. The first-order valence-electron chi connectivity index (χ1n) is 11.8. The summed E-state index contributed by atoms with van der Waals surface area (Å²) in [7, 11) is 0. The van der Waals surface area contributed by atoms with Gasteiger partial charge in [-0.3, -0.25) is 9.88 Å². The van der Waals surface area contributed by atoms with Crippen molar-refractivity contribution in [1.29, 1.82) is 0 Å². The van der Waals surface area contributed by atoms with E-state index in [0.29, 0.717) is 5.92 Å². The molecular weight excluding hydrogens is 564 g/mol. The van der Waals surface area contributed by atoms with Gasteiger partial charge in [-0.2, -0.15) is 31.4 Å². The molecule has 4 aromatic heterocycles. The smallest absolute Gasteiger partial charge is 0.475 e. The van der Waals surface area contributed by atoms with Crippen LogP contribution < -0.4 is 0 Å². The fourth-order valence-corrected chi connectivity index (χ4v) is 3.83. The lowest BCUT2D eigenvalue weighted by molar-refractivity contribution is -0.193. The van der Waals surface area contributed by atoms with Gasteiger partial charge in [0.1, 0.15) is 0 Å². The van der Waals surface area contributed by atoms with Gasteiger partial charge >= 0.3 is 24.3 Å². The molecule has 1 aliphatic rings. The molecule has 0 radical (unpaired) electrons. The number of nitrogens with zero attached hydrogens (tertiary/aromatic N) is 5. The number of halogens is 6. The van der Waals surface area contributed by atoms with E-state index in [4.69, 9.17) is 34.3 Å². The number of fused-ring (bicyclic) bond motifs is 1. The lowest BCUT2D eigenvalue weighted by atomic mass is 9.97. The number of carboxylic acid groups (broad SMARTS) is 2. The number of carboxylic acids is 2. The van der Waals surface area contributed by atoms with E-state index in [2.05, 4.69) is 22.0 Å². The molecule has 1 aliphatic heterocycles. The molecule has 0 amide bonds. The van der Waals surface area contributed by atoms with Crippen LogP contribution >= 0.6 is 0 Å². The Kier molecular flexibility index (Phi) is 10.0. The van der Waals surface area contributed by atoms with Crippen molar-refractivity contribution < 1.29 is 50.6 Å². The van der Waals surface area contributed by atoms with Gasteiger partial charge in [-0.15, -0.1) is 0 Å². The van der Waals surface area contributed by atoms with E-state index in [1.165, 1.54) is 12.0 Å². The second-order valence-electron chi connectivity index (χ2n) is 8.74. The van der Waals surface area contributed by atoms with Crippen molar-refractivity contribution in [3.63, 3.8) is 0 Å². The molecule has 1 atom stereocenters. The molecule has 5 heterocycles. The molecule has 4 aromatic rings. The first-order valence-corrected chi connectivity index (χ1v) is 11.8. The Morgan fingerprint density at radius 2 is 1.68 bits per heavy atom. The van der Waals surface area contributed by atoms with Crippen LogP contribution in [0.2, 0.25) is 0 Å². The molecule has 0 bridgehead atoms. The van der Waals surface area contributed by atoms with E-state index in [1.54, 1.807) is 12.5 Å². The number of pyridine rings is 2. The first-order chi connectivity index (χ1) is 19.2. The number of hydrogen-bond donors (Lipinski definition) is 2. The maximum absolute atomic E-state index is 10.6. The zero-order chi connectivity index (χ0) is 30.2. The highest BCUT2D eigenvalue weighted by Gasteiger charge is 2.38. The molecule has 10 nitrogen and oxygen atoms in total. The van der Waals surface area contributed by atoms with Crippen molar-refractivity contribution in [1.82, 2.24) is 24.5 Å². The van der Waals surface area contributed by atoms with Crippen molar-refractivity contribution in [3.8, 4) is 11.1 Å². The maximum Gasteiger partial charge on any atom is 0.490 e. The Morgan fingerprint density at radius 3 is 2.24 bits per heavy atom. The van der Waals surface area contributed by atoms with Crippen LogP contribution in [0.1, 0.15) is 30.1 Å². The van der Waals surface area contributed by atoms with Gasteiger partial charge < -0.3 is 14.6 Å². The van der Waals surface area contributed by atoms with Crippen molar-refractivity contribution in [3.05, 3.63) is 72.8 Å². The molecule has 16 heteroatoms. The van der Waals surface area contributed by atoms with Crippen LogP contribution in [0.15, 0.2) is 65.9 Å². The van der Waals surface area contributed by atoms with Crippen LogP contribution in [0.25, 0.3) is 16.8 Å². The SMILES string of the molecule is O=C(O)C(F)(F)F.O=C(O)C(F)(F)F.c1cncc(-c2ccc3nc(C4CCCN(Cc5ccoc5)C4)nn3c2)c1. The van der Waals surface area contributed by atoms with Crippen molar-refractivity contribution in [2.45, 2.75) is 37.7 Å². The van der Waals surface area contributed by atoms with Crippen LogP contribution in [-0.2, 0) is 16.1 Å². The number of likely N-dealkylation sites (tertiary alicyclic amines) is 1. The Hall–Kier alpha value is -4.47. The lowest BCUT2D eigenvalue weighted by Gasteiger charge is -2.30. The molecule has 0 spiro atoms. The Labute approximate surface area is 227 Å². The van der Waals surface area contributed by atoms with E-state index in [-0.39, 0.29) is 0 Å². The summed E-state index contributed by atoms with van der Waals surface area (Å²) in [6.07, 6.45) is 1.39. The standard InChI is InChI=1S/C21H21N5O.2C2HF3O2/c1-3-17(11-22-8-1)18-5-6-20-23-21(24-26(20)14-18)19-4-2-9-25(13-19)12-16-7-10-27-15-16;2*3-2(4,5)1(6)7/h1,3,5-8,10-11,14-15,19H,2,4,9,12-13H2;2*(H,6,7). The van der Waals surface area contributed by atoms with Crippen molar-refractivity contribution in [2.75, 3.05) is 13.1 Å². The Bertz CT molecular complexity index is 1400. The summed E-state index contributed by atoms with van der Waals surface area (Å²) < 4.78 is 70.6. The van der Waals surface area contributed by atoms with Gasteiger partial charge in [0, 0.05) is 54.3 Å². The minimum absolute atomic E-state index is 0.368. The van der Waals surface area contributed by atoms with Crippen LogP contribution in [-0.4, -0.2) is 72.1 Å². The molecule has 0 aromatic carbocycles. The molecule has 0 saturated carbocycles. The number of aliphatic carboxylic acids is 2. The third-order valence-corrected chi connectivity index (χ3v) is 5.68. The van der Waals surface area contributed by atoms with Gasteiger partial charge in [0.05, 0.1) is 12.5 Å². The highest BCUT2D eigenvalue weighted by Crippen LogP contribution is 2.27. The normalized spacial score (nSPS) is 15.8. The van der Waals surface area contributed by atoms with E-state index in [0.717, 1.165) is 48.7 Å². The average molecular weight is 587 g/mol. The molecule has 1 unspecified atom stereocenters. The average Bonchev–Trinajstić information content (AvgIpc) is 3.58. The monoisotopic (exact) mass is 587 g/mol. The molecule has 1 saturated heterocycles. The van der Waals surface area contributed by atoms with Gasteiger partial charge in [0.25, 0.3) is 0 Å². The predicted molar refractivity (Wildman–Crippen MR) is 130 cm³/mol. The Balaban J connectivity index is 0.000000276. The van der Waals surface area contributed by atoms with Crippen LogP contribution in [0.5, 0.6) is 0 Å². The minimum atomic E-state index is -5.08. The molecular formula is C25H23F6N5O5. The molecule has 220 valence electrons. The van der Waals surface area contributed by atoms with Crippen LogP contribution in [0.4, 0.5) is 26.3 Å². The molecule has 1 fully saturated rings. The van der Waals surface area contributed by atoms with Crippen molar-refractivity contribution in [2.24, 2.45) is 0 Å². The zero-order valence-corrected chi connectivity index (χ0v) is 21.0. The quantitative estimate of drug-likeness (QED) is 0.315. The van der Waals surface area contributed by atoms with Gasteiger partial charge in [0.15, 0.2) is 11.5 Å². The molecule has 0 aliphatic carbocycles. The zero-order valence-electron chi connectivity index (χ0n) is 21.0. The Morgan fingerprint density at radius 1 is 1.00 bits per heavy atom. The summed E-state index contributed by atoms with van der Waals surface area (Å²) in [6, 6.07) is 10.2. The number of alkyl halides is 6. The third-order valence-electron chi connectivity index (χ3n) is 5.68. The lowest BCUT2D eigenvalue weighted by Crippen LogP contribution is -2.34. The predicted octanol–water partition coefficient (Wildman–Crippen LogP) is 5.03. The fourth-order valence-electron chi connectivity index (χ4n) is 3.83. The van der Waals surface area contributed by atoms with Crippen molar-refractivity contribution >= 4 is 17.6 Å². The number of hydrogen-bond acceptors (Lipinski definition) is 7. The summed E-state index contributed by atoms with van der Waals surface area (Å²) in [6.45, 7) is 3.02. The number of rotatable bonds is 4. The number of aromatic nitrogens is 4. The summed E-state index contributed by atoms with van der Waals surface area (Å²) >= 11 is 0. The number of carbonyl (C=O) groups is 2. The molecule has 5 rings (SSSR count). The summed E-state index contributed by atoms with van der Waals surface area (Å²) in [5.74, 6) is -4.21. The van der Waals surface area contributed by atoms with Gasteiger partial charge in [-0.05, 0) is 43.7 Å². The van der Waals surface area contributed by atoms with E-state index >= 15 is 0 Å².